The minimum atomic E-state index is -4.45. The number of alkyl halides is 3. The maximum absolute atomic E-state index is 12.5. The van der Waals surface area contributed by atoms with Gasteiger partial charge >= 0.3 is 6.18 Å². The summed E-state index contributed by atoms with van der Waals surface area (Å²) in [5.41, 5.74) is -0.0183. The lowest BCUT2D eigenvalue weighted by molar-refractivity contribution is -0.140. The van der Waals surface area contributed by atoms with Crippen molar-refractivity contribution < 1.29 is 21.6 Å². The van der Waals surface area contributed by atoms with Crippen LogP contribution < -0.4 is 15.8 Å². The lowest BCUT2D eigenvalue weighted by Crippen LogP contribution is -2.37. The second kappa shape index (κ2) is 10.4. The number of guanidine groups is 1. The third-order valence-corrected chi connectivity index (χ3v) is 5.21. The summed E-state index contributed by atoms with van der Waals surface area (Å²) in [6, 6.07) is 6.18. The molecular formula is C15H19F3IN5O2S2. The van der Waals surface area contributed by atoms with Crippen LogP contribution in [0.25, 0.3) is 0 Å². The first-order valence-electron chi connectivity index (χ1n) is 7.67. The van der Waals surface area contributed by atoms with E-state index >= 15 is 0 Å². The predicted molar refractivity (Wildman–Crippen MR) is 112 cm³/mol. The van der Waals surface area contributed by atoms with Gasteiger partial charge in [-0.15, -0.1) is 35.3 Å². The van der Waals surface area contributed by atoms with E-state index in [0.29, 0.717) is 23.9 Å². The maximum atomic E-state index is 12.5. The molecule has 1 aromatic carbocycles. The minimum Gasteiger partial charge on any atom is -0.356 e. The second-order valence-corrected chi connectivity index (χ2v) is 7.92. The number of aromatic nitrogens is 1. The molecule has 0 bridgehead atoms. The molecule has 0 spiro atoms. The maximum Gasteiger partial charge on any atom is 0.434 e. The molecule has 0 aliphatic heterocycles. The number of benzene rings is 1. The van der Waals surface area contributed by atoms with Gasteiger partial charge in [-0.05, 0) is 24.1 Å². The first kappa shape index (κ1) is 24.6. The Bertz CT molecular complexity index is 899. The zero-order valence-electron chi connectivity index (χ0n) is 14.7. The second-order valence-electron chi connectivity index (χ2n) is 5.42. The van der Waals surface area contributed by atoms with Gasteiger partial charge in [-0.25, -0.2) is 18.5 Å². The van der Waals surface area contributed by atoms with E-state index in [-0.39, 0.29) is 35.4 Å². The Balaban J connectivity index is 0.00000392. The molecule has 0 aliphatic carbocycles. The smallest absolute Gasteiger partial charge is 0.356 e. The van der Waals surface area contributed by atoms with E-state index in [1.54, 1.807) is 19.2 Å². The molecule has 0 aliphatic rings. The van der Waals surface area contributed by atoms with Crippen molar-refractivity contribution in [2.24, 2.45) is 10.1 Å². The van der Waals surface area contributed by atoms with Crippen molar-refractivity contribution in [3.05, 3.63) is 45.9 Å². The van der Waals surface area contributed by atoms with Crippen molar-refractivity contribution >= 4 is 51.3 Å². The first-order valence-corrected chi connectivity index (χ1v) is 10.1. The number of halogens is 4. The molecule has 28 heavy (non-hydrogen) atoms. The number of thiazole rings is 1. The molecule has 0 saturated heterocycles. The van der Waals surface area contributed by atoms with Crippen LogP contribution in [-0.4, -0.2) is 33.0 Å². The van der Waals surface area contributed by atoms with Crippen LogP contribution in [0.4, 0.5) is 13.2 Å². The van der Waals surface area contributed by atoms with Gasteiger partial charge in [-0.2, -0.15) is 13.2 Å². The molecule has 0 fully saturated rings. The van der Waals surface area contributed by atoms with Crippen LogP contribution in [0.15, 0.2) is 39.5 Å². The van der Waals surface area contributed by atoms with Crippen molar-refractivity contribution in [3.63, 3.8) is 0 Å². The summed E-state index contributed by atoms with van der Waals surface area (Å²) in [5, 5.41) is 12.2. The molecule has 0 amide bonds. The fourth-order valence-corrected chi connectivity index (χ4v) is 3.33. The van der Waals surface area contributed by atoms with E-state index in [0.717, 1.165) is 22.3 Å². The van der Waals surface area contributed by atoms with E-state index in [2.05, 4.69) is 20.6 Å². The normalized spacial score (nSPS) is 12.4. The van der Waals surface area contributed by atoms with Crippen LogP contribution in [0, 0.1) is 0 Å². The van der Waals surface area contributed by atoms with E-state index in [1.165, 1.54) is 12.1 Å². The fraction of sp³-hybridized carbons (Fsp3) is 0.333. The zero-order valence-corrected chi connectivity index (χ0v) is 18.6. The Kier molecular flexibility index (Phi) is 9.10. The number of hydrogen-bond donors (Lipinski definition) is 3. The monoisotopic (exact) mass is 549 g/mol. The van der Waals surface area contributed by atoms with E-state index in [4.69, 9.17) is 5.14 Å². The highest BCUT2D eigenvalue weighted by molar-refractivity contribution is 14.0. The van der Waals surface area contributed by atoms with Gasteiger partial charge in [0.25, 0.3) is 0 Å². The van der Waals surface area contributed by atoms with Gasteiger partial charge in [0.05, 0.1) is 11.4 Å². The van der Waals surface area contributed by atoms with E-state index < -0.39 is 21.9 Å². The van der Waals surface area contributed by atoms with Crippen molar-refractivity contribution in [1.29, 1.82) is 0 Å². The Hall–Kier alpha value is -1.45. The molecular weight excluding hydrogens is 530 g/mol. The number of nitrogens with two attached hydrogens (primary N) is 1. The van der Waals surface area contributed by atoms with Crippen LogP contribution in [-0.2, 0) is 29.2 Å². The Morgan fingerprint density at radius 3 is 2.39 bits per heavy atom. The third kappa shape index (κ3) is 7.52. The number of rotatable bonds is 6. The summed E-state index contributed by atoms with van der Waals surface area (Å²) in [6.07, 6.45) is -3.87. The van der Waals surface area contributed by atoms with Crippen LogP contribution in [0.2, 0.25) is 0 Å². The van der Waals surface area contributed by atoms with Gasteiger partial charge in [0.2, 0.25) is 10.0 Å². The number of nitrogens with zero attached hydrogens (tertiary/aromatic N) is 2. The summed E-state index contributed by atoms with van der Waals surface area (Å²) in [5.74, 6) is 0.417. The van der Waals surface area contributed by atoms with Gasteiger partial charge in [0.1, 0.15) is 5.01 Å². The van der Waals surface area contributed by atoms with Gasteiger partial charge in [0.15, 0.2) is 11.7 Å². The minimum absolute atomic E-state index is 0. The Morgan fingerprint density at radius 2 is 1.89 bits per heavy atom. The van der Waals surface area contributed by atoms with Crippen LogP contribution in [0.5, 0.6) is 0 Å². The summed E-state index contributed by atoms with van der Waals surface area (Å²) < 4.78 is 60.0. The quantitative estimate of drug-likeness (QED) is 0.291. The topological polar surface area (TPSA) is 109 Å². The molecule has 4 N–H and O–H groups in total. The highest BCUT2D eigenvalue weighted by Crippen LogP contribution is 2.29. The number of primary sulfonamides is 1. The summed E-state index contributed by atoms with van der Waals surface area (Å²) in [6.45, 7) is 0.601. The average molecular weight is 549 g/mol. The van der Waals surface area contributed by atoms with Gasteiger partial charge in [-0.1, -0.05) is 12.1 Å². The van der Waals surface area contributed by atoms with Gasteiger partial charge in [-0.3, -0.25) is 4.99 Å². The summed E-state index contributed by atoms with van der Waals surface area (Å²) in [7, 11) is -2.18. The highest BCUT2D eigenvalue weighted by atomic mass is 127. The average Bonchev–Trinajstić information content (AvgIpc) is 3.07. The summed E-state index contributed by atoms with van der Waals surface area (Å²) >= 11 is 0.917. The molecule has 2 rings (SSSR count). The number of nitrogens with one attached hydrogen (secondary N) is 2. The highest BCUT2D eigenvalue weighted by Gasteiger charge is 2.33. The molecule has 1 aromatic heterocycles. The van der Waals surface area contributed by atoms with Crippen LogP contribution in [0.1, 0.15) is 16.3 Å². The molecule has 2 aromatic rings. The van der Waals surface area contributed by atoms with Crippen LogP contribution >= 0.6 is 35.3 Å². The molecule has 7 nitrogen and oxygen atoms in total. The molecule has 13 heteroatoms. The number of sulfonamides is 1. The molecule has 156 valence electrons. The molecule has 0 radical (unpaired) electrons. The zero-order chi connectivity index (χ0) is 20.1. The van der Waals surface area contributed by atoms with Crippen molar-refractivity contribution in [1.82, 2.24) is 15.6 Å². The molecule has 0 atom stereocenters. The van der Waals surface area contributed by atoms with E-state index in [1.807, 2.05) is 0 Å². The van der Waals surface area contributed by atoms with Gasteiger partial charge in [0, 0.05) is 19.0 Å². The van der Waals surface area contributed by atoms with Crippen molar-refractivity contribution in [2.75, 3.05) is 13.6 Å². The largest absolute Gasteiger partial charge is 0.434 e. The number of hydrogen-bond acceptors (Lipinski definition) is 5. The lowest BCUT2D eigenvalue weighted by Gasteiger charge is -2.11. The van der Waals surface area contributed by atoms with Crippen molar-refractivity contribution in [3.8, 4) is 0 Å². The molecule has 0 unspecified atom stereocenters. The molecule has 0 saturated carbocycles. The van der Waals surface area contributed by atoms with Crippen molar-refractivity contribution in [2.45, 2.75) is 24.0 Å². The van der Waals surface area contributed by atoms with E-state index in [9.17, 15) is 21.6 Å². The standard InChI is InChI=1S/C15H18F3N5O2S2.HI/c1-20-14(22-8-13-23-12(9-26-13)15(16,17)18)21-7-6-10-2-4-11(5-3-10)27(19,24)25;/h2-5,9H,6-8H2,1H3,(H2,19,24,25)(H2,20,21,22);1H. The Morgan fingerprint density at radius 1 is 1.25 bits per heavy atom. The summed E-state index contributed by atoms with van der Waals surface area (Å²) in [4.78, 5) is 7.56. The predicted octanol–water partition coefficient (Wildman–Crippen LogP) is 2.34. The Labute approximate surface area is 181 Å². The lowest BCUT2D eigenvalue weighted by atomic mass is 10.1. The third-order valence-electron chi connectivity index (χ3n) is 3.43. The first-order chi connectivity index (χ1) is 12.6. The fourth-order valence-electron chi connectivity index (χ4n) is 2.07. The van der Waals surface area contributed by atoms with Crippen LogP contribution in [0.3, 0.4) is 0 Å². The molecule has 1 heterocycles. The SMILES string of the molecule is CN=C(NCCc1ccc(S(N)(=O)=O)cc1)NCc1nc(C(F)(F)F)cs1.I. The number of aliphatic imine (C=N–C) groups is 1. The van der Waals surface area contributed by atoms with Gasteiger partial charge < -0.3 is 10.6 Å².